The number of Topliss-reactive ketones (excluding diaryl/α,β-unsaturated/α-hetero) is 1. The van der Waals surface area contributed by atoms with Crippen LogP contribution in [0.4, 0.5) is 13.2 Å². The molecule has 1 atom stereocenters. The number of aromatic nitrogens is 2. The molecule has 1 unspecified atom stereocenters. The summed E-state index contributed by atoms with van der Waals surface area (Å²) in [5, 5.41) is 13.0. The quantitative estimate of drug-likeness (QED) is 0.873. The molecule has 1 amide bonds. The van der Waals surface area contributed by atoms with E-state index in [1.54, 1.807) is 0 Å². The van der Waals surface area contributed by atoms with Crippen molar-refractivity contribution < 1.29 is 32.7 Å². The van der Waals surface area contributed by atoms with Gasteiger partial charge in [0.25, 0.3) is 5.91 Å². The minimum absolute atomic E-state index is 0.136. The van der Waals surface area contributed by atoms with Crippen LogP contribution in [0.1, 0.15) is 40.2 Å². The average molecular weight is 345 g/mol. The summed E-state index contributed by atoms with van der Waals surface area (Å²) in [6.07, 6.45) is -4.75. The Kier molecular flexibility index (Phi) is 3.65. The van der Waals surface area contributed by atoms with E-state index >= 15 is 0 Å². The van der Waals surface area contributed by atoms with Gasteiger partial charge in [0, 0.05) is 32.1 Å². The van der Waals surface area contributed by atoms with Crippen molar-refractivity contribution in [3.8, 4) is 0 Å². The van der Waals surface area contributed by atoms with Crippen molar-refractivity contribution in [1.29, 1.82) is 0 Å². The highest BCUT2D eigenvalue weighted by Gasteiger charge is 2.64. The summed E-state index contributed by atoms with van der Waals surface area (Å²) in [4.78, 5) is 36.1. The monoisotopic (exact) mass is 345 g/mol. The maximum Gasteiger partial charge on any atom is 0.406 e. The lowest BCUT2D eigenvalue weighted by Gasteiger charge is -2.27. The predicted molar refractivity (Wildman–Crippen MR) is 72.4 cm³/mol. The zero-order valence-corrected chi connectivity index (χ0v) is 12.5. The molecule has 3 rings (SSSR count). The Morgan fingerprint density at radius 2 is 2.00 bits per heavy atom. The van der Waals surface area contributed by atoms with Gasteiger partial charge in [-0.05, 0) is 12.8 Å². The molecule has 0 aliphatic carbocycles. The predicted octanol–water partition coefficient (Wildman–Crippen LogP) is 1.34. The lowest BCUT2D eigenvalue weighted by Crippen LogP contribution is -2.47. The van der Waals surface area contributed by atoms with Crippen molar-refractivity contribution in [3.05, 3.63) is 17.5 Å². The fourth-order valence-corrected chi connectivity index (χ4v) is 3.11. The third-order valence-corrected chi connectivity index (χ3v) is 4.57. The largest absolute Gasteiger partial charge is 0.481 e. The normalized spacial score (nSPS) is 24.1. The minimum Gasteiger partial charge on any atom is -0.481 e. The third-order valence-electron chi connectivity index (χ3n) is 4.57. The van der Waals surface area contributed by atoms with Crippen LogP contribution in [-0.4, -0.2) is 56.7 Å². The number of hydrogen-bond acceptors (Lipinski definition) is 4. The molecule has 7 nitrogen and oxygen atoms in total. The van der Waals surface area contributed by atoms with Crippen molar-refractivity contribution in [1.82, 2.24) is 14.7 Å². The molecule has 1 aromatic rings. The molecule has 1 aromatic heterocycles. The highest BCUT2D eigenvalue weighted by atomic mass is 19.4. The van der Waals surface area contributed by atoms with Gasteiger partial charge >= 0.3 is 12.1 Å². The molecule has 10 heteroatoms. The van der Waals surface area contributed by atoms with Crippen LogP contribution < -0.4 is 0 Å². The number of amides is 1. The van der Waals surface area contributed by atoms with Crippen LogP contribution in [0.15, 0.2) is 6.07 Å². The van der Waals surface area contributed by atoms with E-state index in [4.69, 9.17) is 5.11 Å². The number of alkyl halides is 3. The van der Waals surface area contributed by atoms with Gasteiger partial charge in [0.05, 0.1) is 0 Å². The molecule has 0 radical (unpaired) electrons. The van der Waals surface area contributed by atoms with Crippen molar-refractivity contribution in [3.63, 3.8) is 0 Å². The Labute approximate surface area is 134 Å². The van der Waals surface area contributed by atoms with Crippen molar-refractivity contribution in [2.24, 2.45) is 5.41 Å². The molecule has 24 heavy (non-hydrogen) atoms. The number of nitrogens with zero attached hydrogens (tertiary/aromatic N) is 3. The number of ketones is 1. The number of aryl methyl sites for hydroxylation is 1. The number of aliphatic carboxylic acids is 1. The van der Waals surface area contributed by atoms with Gasteiger partial charge in [-0.2, -0.15) is 18.3 Å². The van der Waals surface area contributed by atoms with Crippen LogP contribution in [0, 0.1) is 5.41 Å². The number of hydrogen-bond donors (Lipinski definition) is 1. The van der Waals surface area contributed by atoms with Crippen molar-refractivity contribution >= 4 is 17.7 Å². The standard InChI is InChI=1S/C14H14F3N3O4/c15-14(16,17)13(12(23)24)3-5-19(7-13)11(22)8-6-9-10(21)2-1-4-20(9)18-8/h6H,1-5,7H2,(H,23,24). The summed E-state index contributed by atoms with van der Waals surface area (Å²) < 4.78 is 40.8. The first kappa shape index (κ1) is 16.5. The summed E-state index contributed by atoms with van der Waals surface area (Å²) in [6.45, 7) is -0.836. The summed E-state index contributed by atoms with van der Waals surface area (Å²) in [7, 11) is 0. The van der Waals surface area contributed by atoms with E-state index in [2.05, 4.69) is 5.10 Å². The Bertz CT molecular complexity index is 727. The molecule has 0 spiro atoms. The third kappa shape index (κ3) is 2.36. The maximum atomic E-state index is 13.2. The second-order valence-electron chi connectivity index (χ2n) is 6.03. The van der Waals surface area contributed by atoms with Gasteiger partial charge in [-0.1, -0.05) is 0 Å². The van der Waals surface area contributed by atoms with E-state index in [9.17, 15) is 27.6 Å². The minimum atomic E-state index is -4.96. The molecule has 0 saturated carbocycles. The molecular formula is C14H14F3N3O4. The lowest BCUT2D eigenvalue weighted by atomic mass is 9.86. The van der Waals surface area contributed by atoms with E-state index in [0.29, 0.717) is 19.4 Å². The van der Waals surface area contributed by atoms with Gasteiger partial charge in [-0.3, -0.25) is 19.1 Å². The first-order valence-corrected chi connectivity index (χ1v) is 7.36. The summed E-state index contributed by atoms with van der Waals surface area (Å²) in [6, 6.07) is 1.26. The van der Waals surface area contributed by atoms with E-state index in [1.165, 1.54) is 10.7 Å². The smallest absolute Gasteiger partial charge is 0.406 e. The second kappa shape index (κ2) is 5.32. The molecule has 130 valence electrons. The Balaban J connectivity index is 1.85. The Morgan fingerprint density at radius 3 is 2.54 bits per heavy atom. The number of carbonyl (C=O) groups excluding carboxylic acids is 2. The van der Waals surface area contributed by atoms with E-state index in [1.807, 2.05) is 0 Å². The summed E-state index contributed by atoms with van der Waals surface area (Å²) >= 11 is 0. The SMILES string of the molecule is O=C1CCCn2nc(C(=O)N3CCC(C(=O)O)(C(F)(F)F)C3)cc21. The van der Waals surface area contributed by atoms with Crippen LogP contribution in [0.5, 0.6) is 0 Å². The summed E-state index contributed by atoms with van der Waals surface area (Å²) in [5.41, 5.74) is -2.84. The van der Waals surface area contributed by atoms with Gasteiger partial charge in [0.1, 0.15) is 5.69 Å². The highest BCUT2D eigenvalue weighted by Crippen LogP contribution is 2.46. The number of rotatable bonds is 2. The Hall–Kier alpha value is -2.39. The number of carbonyl (C=O) groups is 3. The molecule has 0 aromatic carbocycles. The van der Waals surface area contributed by atoms with Gasteiger partial charge in [0.15, 0.2) is 16.9 Å². The van der Waals surface area contributed by atoms with Crippen molar-refractivity contribution in [2.45, 2.75) is 32.0 Å². The van der Waals surface area contributed by atoms with Gasteiger partial charge in [-0.25, -0.2) is 0 Å². The molecule has 1 saturated heterocycles. The number of carboxylic acid groups (broad SMARTS) is 1. The Morgan fingerprint density at radius 1 is 1.29 bits per heavy atom. The first-order chi connectivity index (χ1) is 11.2. The van der Waals surface area contributed by atoms with Crippen LogP contribution in [-0.2, 0) is 11.3 Å². The first-order valence-electron chi connectivity index (χ1n) is 7.36. The lowest BCUT2D eigenvalue weighted by molar-refractivity contribution is -0.227. The van der Waals surface area contributed by atoms with Crippen LogP contribution in [0.25, 0.3) is 0 Å². The summed E-state index contributed by atoms with van der Waals surface area (Å²) in [5.74, 6) is -2.97. The second-order valence-corrected chi connectivity index (χ2v) is 6.03. The topological polar surface area (TPSA) is 92.5 Å². The fraction of sp³-hybridized carbons (Fsp3) is 0.571. The molecule has 1 N–H and O–H groups in total. The van der Waals surface area contributed by atoms with Gasteiger partial charge < -0.3 is 10.0 Å². The zero-order valence-electron chi connectivity index (χ0n) is 12.5. The number of halogens is 3. The van der Waals surface area contributed by atoms with Crippen LogP contribution in [0.3, 0.4) is 0 Å². The number of likely N-dealkylation sites (tertiary alicyclic amines) is 1. The van der Waals surface area contributed by atoms with Crippen LogP contribution in [0.2, 0.25) is 0 Å². The molecule has 2 aliphatic heterocycles. The van der Waals surface area contributed by atoms with Gasteiger partial charge in [-0.15, -0.1) is 0 Å². The van der Waals surface area contributed by atoms with E-state index < -0.39 is 36.4 Å². The number of carboxylic acids is 1. The number of fused-ring (bicyclic) bond motifs is 1. The molecule has 3 heterocycles. The zero-order chi connectivity index (χ0) is 17.7. The van der Waals surface area contributed by atoms with Gasteiger partial charge in [0.2, 0.25) is 0 Å². The van der Waals surface area contributed by atoms with E-state index in [0.717, 1.165) is 4.90 Å². The maximum absolute atomic E-state index is 13.2. The molecular weight excluding hydrogens is 331 g/mol. The van der Waals surface area contributed by atoms with Crippen molar-refractivity contribution in [2.75, 3.05) is 13.1 Å². The van der Waals surface area contributed by atoms with E-state index in [-0.39, 0.29) is 23.7 Å². The molecule has 1 fully saturated rings. The fourth-order valence-electron chi connectivity index (χ4n) is 3.11. The average Bonchev–Trinajstić information content (AvgIpc) is 3.11. The molecule has 0 bridgehead atoms. The molecule has 2 aliphatic rings. The van der Waals surface area contributed by atoms with Crippen LogP contribution >= 0.6 is 0 Å². The highest BCUT2D eigenvalue weighted by molar-refractivity contribution is 5.99.